The van der Waals surface area contributed by atoms with Gasteiger partial charge in [-0.1, -0.05) is 57.4 Å². The molecule has 2 aromatic rings. The van der Waals surface area contributed by atoms with Gasteiger partial charge in [0.2, 0.25) is 0 Å². The van der Waals surface area contributed by atoms with Crippen molar-refractivity contribution in [3.63, 3.8) is 0 Å². The maximum Gasteiger partial charge on any atom is 0.0254 e. The molecular weight excluding hydrogens is 260 g/mol. The highest BCUT2D eigenvalue weighted by Crippen LogP contribution is 2.31. The summed E-state index contributed by atoms with van der Waals surface area (Å²) in [5.74, 6) is 0. The van der Waals surface area contributed by atoms with Gasteiger partial charge in [-0.3, -0.25) is 0 Å². The largest absolute Gasteiger partial charge is 0.0590 e. The molecule has 0 bridgehead atoms. The van der Waals surface area contributed by atoms with Gasteiger partial charge in [0.25, 0.3) is 0 Å². The SMILES string of the molecule is Cc1ccc(C)c(-c2cc(C)ccc2Br)c1. The molecule has 0 amide bonds. The first kappa shape index (κ1) is 11.4. The summed E-state index contributed by atoms with van der Waals surface area (Å²) in [6.45, 7) is 6.41. The minimum Gasteiger partial charge on any atom is -0.0590 e. The van der Waals surface area contributed by atoms with Gasteiger partial charge in [0.1, 0.15) is 0 Å². The smallest absolute Gasteiger partial charge is 0.0254 e. The van der Waals surface area contributed by atoms with Gasteiger partial charge in [0.15, 0.2) is 0 Å². The van der Waals surface area contributed by atoms with Crippen LogP contribution in [0.4, 0.5) is 0 Å². The molecule has 0 atom stereocenters. The number of hydrogen-bond donors (Lipinski definition) is 0. The van der Waals surface area contributed by atoms with E-state index in [4.69, 9.17) is 0 Å². The summed E-state index contributed by atoms with van der Waals surface area (Å²) in [6, 6.07) is 13.0. The minimum absolute atomic E-state index is 1.16. The molecule has 82 valence electrons. The first-order valence-corrected chi connectivity index (χ1v) is 6.21. The monoisotopic (exact) mass is 274 g/mol. The molecule has 0 aliphatic rings. The number of benzene rings is 2. The second-order valence-corrected chi connectivity index (χ2v) is 5.16. The molecule has 0 nitrogen and oxygen atoms in total. The first-order valence-electron chi connectivity index (χ1n) is 5.42. The fraction of sp³-hybridized carbons (Fsp3) is 0.200. The van der Waals surface area contributed by atoms with E-state index in [-0.39, 0.29) is 0 Å². The quantitative estimate of drug-likeness (QED) is 0.683. The Morgan fingerprint density at radius 1 is 0.750 bits per heavy atom. The summed E-state index contributed by atoms with van der Waals surface area (Å²) in [5, 5.41) is 0. The molecule has 0 saturated carbocycles. The Morgan fingerprint density at radius 2 is 1.31 bits per heavy atom. The Hall–Kier alpha value is -1.08. The summed E-state index contributed by atoms with van der Waals surface area (Å²) in [6.07, 6.45) is 0. The fourth-order valence-electron chi connectivity index (χ4n) is 1.87. The number of halogens is 1. The zero-order valence-corrected chi connectivity index (χ0v) is 11.4. The van der Waals surface area contributed by atoms with Gasteiger partial charge in [-0.2, -0.15) is 0 Å². The molecule has 0 saturated heterocycles. The molecule has 0 spiro atoms. The molecule has 0 N–H and O–H groups in total. The molecule has 0 heterocycles. The van der Waals surface area contributed by atoms with E-state index in [9.17, 15) is 0 Å². The zero-order chi connectivity index (χ0) is 11.7. The highest BCUT2D eigenvalue weighted by atomic mass is 79.9. The van der Waals surface area contributed by atoms with Crippen molar-refractivity contribution >= 4 is 15.9 Å². The Bertz CT molecular complexity index is 477. The Balaban J connectivity index is 2.66. The van der Waals surface area contributed by atoms with Gasteiger partial charge >= 0.3 is 0 Å². The van der Waals surface area contributed by atoms with E-state index in [0.29, 0.717) is 0 Å². The van der Waals surface area contributed by atoms with Gasteiger partial charge in [0.05, 0.1) is 0 Å². The second-order valence-electron chi connectivity index (χ2n) is 4.30. The van der Waals surface area contributed by atoms with Crippen molar-refractivity contribution < 1.29 is 0 Å². The zero-order valence-electron chi connectivity index (χ0n) is 9.84. The van der Waals surface area contributed by atoms with Crippen LogP contribution >= 0.6 is 15.9 Å². The lowest BCUT2D eigenvalue weighted by Gasteiger charge is -2.10. The van der Waals surface area contributed by atoms with Crippen molar-refractivity contribution in [1.29, 1.82) is 0 Å². The lowest BCUT2D eigenvalue weighted by atomic mass is 9.97. The molecule has 0 unspecified atom stereocenters. The molecule has 0 aliphatic heterocycles. The lowest BCUT2D eigenvalue weighted by molar-refractivity contribution is 1.37. The molecule has 0 fully saturated rings. The predicted molar refractivity (Wildman–Crippen MR) is 73.8 cm³/mol. The van der Waals surface area contributed by atoms with Crippen LogP contribution in [0.1, 0.15) is 16.7 Å². The average molecular weight is 275 g/mol. The highest BCUT2D eigenvalue weighted by Gasteiger charge is 2.06. The Labute approximate surface area is 105 Å². The molecule has 1 heteroatoms. The van der Waals surface area contributed by atoms with Crippen LogP contribution in [0.2, 0.25) is 0 Å². The molecule has 2 rings (SSSR count). The predicted octanol–water partition coefficient (Wildman–Crippen LogP) is 5.04. The van der Waals surface area contributed by atoms with Crippen molar-refractivity contribution in [2.24, 2.45) is 0 Å². The van der Waals surface area contributed by atoms with Gasteiger partial charge in [-0.15, -0.1) is 0 Å². The second kappa shape index (κ2) is 4.42. The van der Waals surface area contributed by atoms with Crippen LogP contribution < -0.4 is 0 Å². The van der Waals surface area contributed by atoms with Gasteiger partial charge in [-0.25, -0.2) is 0 Å². The normalized spacial score (nSPS) is 10.5. The molecule has 16 heavy (non-hydrogen) atoms. The van der Waals surface area contributed by atoms with E-state index in [1.165, 1.54) is 27.8 Å². The number of hydrogen-bond acceptors (Lipinski definition) is 0. The molecular formula is C15H15Br. The van der Waals surface area contributed by atoms with E-state index in [0.717, 1.165) is 4.47 Å². The van der Waals surface area contributed by atoms with E-state index >= 15 is 0 Å². The fourth-order valence-corrected chi connectivity index (χ4v) is 2.33. The maximum atomic E-state index is 3.63. The van der Waals surface area contributed by atoms with Crippen LogP contribution in [0.3, 0.4) is 0 Å². The minimum atomic E-state index is 1.16. The average Bonchev–Trinajstić information content (AvgIpc) is 2.25. The molecule has 0 radical (unpaired) electrons. The Morgan fingerprint density at radius 3 is 2.00 bits per heavy atom. The third-order valence-electron chi connectivity index (χ3n) is 2.81. The molecule has 2 aromatic carbocycles. The van der Waals surface area contributed by atoms with Crippen molar-refractivity contribution in [2.45, 2.75) is 20.8 Å². The summed E-state index contributed by atoms with van der Waals surface area (Å²) in [5.41, 5.74) is 6.50. The van der Waals surface area contributed by atoms with Crippen molar-refractivity contribution in [3.05, 3.63) is 57.6 Å². The van der Waals surface area contributed by atoms with Crippen LogP contribution in [0.25, 0.3) is 11.1 Å². The highest BCUT2D eigenvalue weighted by molar-refractivity contribution is 9.10. The lowest BCUT2D eigenvalue weighted by Crippen LogP contribution is -1.87. The summed E-state index contributed by atoms with van der Waals surface area (Å²) in [4.78, 5) is 0. The van der Waals surface area contributed by atoms with Crippen LogP contribution in [0, 0.1) is 20.8 Å². The van der Waals surface area contributed by atoms with Crippen LogP contribution in [0.15, 0.2) is 40.9 Å². The standard InChI is InChI=1S/C15H15Br/c1-10-4-6-12(3)13(8-10)14-9-11(2)5-7-15(14)16/h4-9H,1-3H3. The van der Waals surface area contributed by atoms with Crippen LogP contribution in [0.5, 0.6) is 0 Å². The van der Waals surface area contributed by atoms with Crippen molar-refractivity contribution in [3.8, 4) is 11.1 Å². The Kier molecular flexibility index (Phi) is 3.15. The van der Waals surface area contributed by atoms with E-state index in [1.54, 1.807) is 0 Å². The van der Waals surface area contributed by atoms with E-state index in [1.807, 2.05) is 0 Å². The van der Waals surface area contributed by atoms with Crippen LogP contribution in [-0.2, 0) is 0 Å². The summed E-state index contributed by atoms with van der Waals surface area (Å²) >= 11 is 3.63. The third-order valence-corrected chi connectivity index (χ3v) is 3.50. The number of aryl methyl sites for hydroxylation is 3. The maximum absolute atomic E-state index is 3.63. The topological polar surface area (TPSA) is 0 Å². The van der Waals surface area contributed by atoms with Crippen molar-refractivity contribution in [2.75, 3.05) is 0 Å². The first-order chi connectivity index (χ1) is 7.58. The van der Waals surface area contributed by atoms with Crippen LogP contribution in [-0.4, -0.2) is 0 Å². The van der Waals surface area contributed by atoms with Crippen molar-refractivity contribution in [1.82, 2.24) is 0 Å². The van der Waals surface area contributed by atoms with Gasteiger partial charge in [0, 0.05) is 4.47 Å². The number of rotatable bonds is 1. The van der Waals surface area contributed by atoms with Gasteiger partial charge < -0.3 is 0 Å². The molecule has 0 aliphatic carbocycles. The van der Waals surface area contributed by atoms with Gasteiger partial charge in [-0.05, 0) is 43.5 Å². The van der Waals surface area contributed by atoms with E-state index < -0.39 is 0 Å². The summed E-state index contributed by atoms with van der Waals surface area (Å²) < 4.78 is 1.16. The molecule has 0 aromatic heterocycles. The third kappa shape index (κ3) is 2.19. The summed E-state index contributed by atoms with van der Waals surface area (Å²) in [7, 11) is 0. The van der Waals surface area contributed by atoms with E-state index in [2.05, 4.69) is 73.1 Å².